The molecule has 1 aliphatic heterocycles. The Bertz CT molecular complexity index is 835. The maximum atomic E-state index is 14.6. The summed E-state index contributed by atoms with van der Waals surface area (Å²) in [6.07, 6.45) is 2.98. The molecule has 3 rings (SSSR count). The van der Waals surface area contributed by atoms with Crippen molar-refractivity contribution in [3.05, 3.63) is 47.4 Å². The highest BCUT2D eigenvalue weighted by Gasteiger charge is 2.53. The van der Waals surface area contributed by atoms with Gasteiger partial charge in [0.2, 0.25) is 0 Å². The number of rotatable bonds is 3. The molecule has 7 heteroatoms. The third-order valence-electron chi connectivity index (χ3n) is 5.27. The molecule has 1 fully saturated rings. The van der Waals surface area contributed by atoms with Crippen LogP contribution < -0.4 is 0 Å². The number of aromatic nitrogens is 3. The fourth-order valence-corrected chi connectivity index (χ4v) is 2.75. The lowest BCUT2D eigenvalue weighted by Crippen LogP contribution is -2.41. The van der Waals surface area contributed by atoms with E-state index in [0.717, 1.165) is 5.69 Å². The zero-order valence-corrected chi connectivity index (χ0v) is 17.1. The Morgan fingerprint density at radius 1 is 1.07 bits per heavy atom. The first-order chi connectivity index (χ1) is 12.4. The molecule has 1 aromatic heterocycles. The fraction of sp³-hybridized carbons (Fsp3) is 0.500. The molecule has 0 unspecified atom stereocenters. The molecular formula is C20H27BFN3O2. The van der Waals surface area contributed by atoms with Crippen LogP contribution in [0.5, 0.6) is 0 Å². The predicted octanol–water partition coefficient (Wildman–Crippen LogP) is 4.51. The van der Waals surface area contributed by atoms with Gasteiger partial charge < -0.3 is 9.31 Å². The molecule has 0 N–H and O–H groups in total. The van der Waals surface area contributed by atoms with E-state index in [4.69, 9.17) is 9.31 Å². The van der Waals surface area contributed by atoms with Crippen LogP contribution in [0.15, 0.2) is 36.2 Å². The average Bonchev–Trinajstić information content (AvgIpc) is 3.09. The van der Waals surface area contributed by atoms with E-state index in [2.05, 4.69) is 43.2 Å². The van der Waals surface area contributed by atoms with Crippen molar-refractivity contribution in [2.45, 2.75) is 65.1 Å². The van der Waals surface area contributed by atoms with Gasteiger partial charge in [-0.05, 0) is 56.9 Å². The molecule has 144 valence electrons. The Balaban J connectivity index is 1.77. The van der Waals surface area contributed by atoms with Crippen LogP contribution in [0.25, 0.3) is 11.8 Å². The molecule has 1 aromatic carbocycles. The molecule has 0 bridgehead atoms. The third-order valence-corrected chi connectivity index (χ3v) is 5.27. The summed E-state index contributed by atoms with van der Waals surface area (Å²) in [6, 6.07) is 8.09. The molecule has 2 heterocycles. The van der Waals surface area contributed by atoms with E-state index >= 15 is 0 Å². The van der Waals surface area contributed by atoms with Gasteiger partial charge in [0.05, 0.1) is 23.1 Å². The highest BCUT2D eigenvalue weighted by molar-refractivity contribution is 6.54. The van der Waals surface area contributed by atoms with Crippen molar-refractivity contribution in [3.8, 4) is 5.69 Å². The van der Waals surface area contributed by atoms with Crippen molar-refractivity contribution in [2.75, 3.05) is 0 Å². The van der Waals surface area contributed by atoms with Gasteiger partial charge in [-0.2, -0.15) is 0 Å². The van der Waals surface area contributed by atoms with Gasteiger partial charge in [0.1, 0.15) is 11.4 Å². The highest BCUT2D eigenvalue weighted by atomic mass is 19.1. The monoisotopic (exact) mass is 371 g/mol. The van der Waals surface area contributed by atoms with Crippen LogP contribution in [0.3, 0.4) is 0 Å². The van der Waals surface area contributed by atoms with Crippen molar-refractivity contribution >= 4 is 13.2 Å². The molecule has 0 aliphatic carbocycles. The molecule has 0 atom stereocenters. The Hall–Kier alpha value is -1.99. The second kappa shape index (κ2) is 6.57. The van der Waals surface area contributed by atoms with Crippen molar-refractivity contribution in [1.29, 1.82) is 0 Å². The molecular weight excluding hydrogens is 344 g/mol. The summed E-state index contributed by atoms with van der Waals surface area (Å²) in [7, 11) is -1.04. The van der Waals surface area contributed by atoms with Crippen molar-refractivity contribution in [3.63, 3.8) is 0 Å². The Kier molecular flexibility index (Phi) is 4.81. The quantitative estimate of drug-likeness (QED) is 0.745. The smallest absolute Gasteiger partial charge is 0.398 e. The number of halogens is 1. The summed E-state index contributed by atoms with van der Waals surface area (Å²) in [6.45, 7) is 14.0. The Morgan fingerprint density at radius 3 is 2.15 bits per heavy atom. The highest BCUT2D eigenvalue weighted by Crippen LogP contribution is 2.39. The minimum absolute atomic E-state index is 0.0841. The molecule has 27 heavy (non-hydrogen) atoms. The number of benzene rings is 1. The number of hydrogen-bond donors (Lipinski definition) is 0. The maximum Gasteiger partial charge on any atom is 0.525 e. The normalized spacial score (nSPS) is 19.6. The van der Waals surface area contributed by atoms with Crippen LogP contribution in [-0.2, 0) is 14.7 Å². The summed E-state index contributed by atoms with van der Waals surface area (Å²) in [5.41, 5.74) is 0.890. The molecule has 5 nitrogen and oxygen atoms in total. The number of hydrogen-bond acceptors (Lipinski definition) is 4. The van der Waals surface area contributed by atoms with E-state index in [1.807, 2.05) is 39.8 Å². The zero-order valence-electron chi connectivity index (χ0n) is 17.1. The maximum absolute atomic E-state index is 14.6. The minimum Gasteiger partial charge on any atom is -0.398 e. The second-order valence-electron chi connectivity index (χ2n) is 9.00. The van der Waals surface area contributed by atoms with Crippen LogP contribution in [0.1, 0.15) is 59.7 Å². The van der Waals surface area contributed by atoms with Crippen LogP contribution in [0.4, 0.5) is 4.39 Å². The lowest BCUT2D eigenvalue weighted by molar-refractivity contribution is 0.00578. The van der Waals surface area contributed by atoms with E-state index in [-0.39, 0.29) is 5.41 Å². The van der Waals surface area contributed by atoms with Crippen LogP contribution in [-0.4, -0.2) is 33.3 Å². The van der Waals surface area contributed by atoms with Crippen LogP contribution in [0, 0.1) is 0 Å². The first kappa shape index (κ1) is 19.8. The van der Waals surface area contributed by atoms with Gasteiger partial charge in [0.25, 0.3) is 0 Å². The van der Waals surface area contributed by atoms with E-state index in [0.29, 0.717) is 5.69 Å². The lowest BCUT2D eigenvalue weighted by Gasteiger charge is -2.32. The van der Waals surface area contributed by atoms with Gasteiger partial charge in [0, 0.05) is 0 Å². The van der Waals surface area contributed by atoms with Gasteiger partial charge in [-0.25, -0.2) is 9.07 Å². The molecule has 2 aromatic rings. The van der Waals surface area contributed by atoms with E-state index in [9.17, 15) is 4.39 Å². The molecule has 0 amide bonds. The van der Waals surface area contributed by atoms with E-state index < -0.39 is 24.0 Å². The molecule has 1 saturated heterocycles. The summed E-state index contributed by atoms with van der Waals surface area (Å²) >= 11 is 0. The minimum atomic E-state index is -1.04. The van der Waals surface area contributed by atoms with Gasteiger partial charge in [-0.15, -0.1) is 5.10 Å². The van der Waals surface area contributed by atoms with Gasteiger partial charge in [-0.1, -0.05) is 38.1 Å². The summed E-state index contributed by atoms with van der Waals surface area (Å²) in [5, 5.41) is 8.12. The van der Waals surface area contributed by atoms with Crippen LogP contribution >= 0.6 is 0 Å². The van der Waals surface area contributed by atoms with Gasteiger partial charge in [-0.3, -0.25) is 0 Å². The number of nitrogens with zero attached hydrogens (tertiary/aromatic N) is 3. The third kappa shape index (κ3) is 3.99. The topological polar surface area (TPSA) is 49.2 Å². The lowest BCUT2D eigenvalue weighted by atomic mass is 9.87. The molecule has 1 aliphatic rings. The predicted molar refractivity (Wildman–Crippen MR) is 105 cm³/mol. The average molecular weight is 371 g/mol. The zero-order chi connectivity index (χ0) is 20.0. The molecule has 0 radical (unpaired) electrons. The SMILES string of the molecule is CC(C)(C)c1ccc(-n2cc(C=C(F)B3OC(C)(C)C(C)(C)O3)nn2)cc1. The Labute approximate surface area is 160 Å². The first-order valence-corrected chi connectivity index (χ1v) is 9.15. The Morgan fingerprint density at radius 2 is 1.63 bits per heavy atom. The second-order valence-corrected chi connectivity index (χ2v) is 9.00. The van der Waals surface area contributed by atoms with Crippen LogP contribution in [0.2, 0.25) is 0 Å². The summed E-state index contributed by atoms with van der Waals surface area (Å²) in [4.78, 5) is 0. The largest absolute Gasteiger partial charge is 0.525 e. The first-order valence-electron chi connectivity index (χ1n) is 9.15. The van der Waals surface area contributed by atoms with Crippen molar-refractivity contribution in [1.82, 2.24) is 15.0 Å². The van der Waals surface area contributed by atoms with E-state index in [1.165, 1.54) is 11.6 Å². The van der Waals surface area contributed by atoms with Gasteiger partial charge in [0.15, 0.2) is 0 Å². The van der Waals surface area contributed by atoms with Crippen molar-refractivity contribution in [2.24, 2.45) is 0 Å². The summed E-state index contributed by atoms with van der Waals surface area (Å²) in [5.74, 6) is 0. The van der Waals surface area contributed by atoms with Gasteiger partial charge >= 0.3 is 7.12 Å². The molecule has 0 spiro atoms. The van der Waals surface area contributed by atoms with E-state index in [1.54, 1.807) is 10.9 Å². The standard InChI is InChI=1S/C20H27BFN3O2/c1-18(2,3)14-8-10-16(11-9-14)25-13-15(23-24-25)12-17(22)21-26-19(4,5)20(6,7)27-21/h8-13H,1-7H3. The van der Waals surface area contributed by atoms with Crippen molar-refractivity contribution < 1.29 is 13.7 Å². The summed E-state index contributed by atoms with van der Waals surface area (Å²) < 4.78 is 27.7. The fourth-order valence-electron chi connectivity index (χ4n) is 2.75. The molecule has 0 saturated carbocycles.